The van der Waals surface area contributed by atoms with Gasteiger partial charge in [0.1, 0.15) is 12.1 Å². The van der Waals surface area contributed by atoms with Crippen LogP contribution in [0.1, 0.15) is 98.3 Å². The van der Waals surface area contributed by atoms with Crippen molar-refractivity contribution in [3.63, 3.8) is 0 Å². The average Bonchev–Trinajstić information content (AvgIpc) is 3.45. The number of aliphatic hydroxyl groups is 1. The third-order valence-corrected chi connectivity index (χ3v) is 15.0. The molecular formula is C36H60N4O4. The van der Waals surface area contributed by atoms with Gasteiger partial charge in [0.2, 0.25) is 11.8 Å². The van der Waals surface area contributed by atoms with Gasteiger partial charge in [0.25, 0.3) is 0 Å². The lowest BCUT2D eigenvalue weighted by atomic mass is 9.44. The van der Waals surface area contributed by atoms with Crippen molar-refractivity contribution < 1.29 is 19.4 Å². The van der Waals surface area contributed by atoms with Gasteiger partial charge in [-0.15, -0.1) is 0 Å². The molecule has 3 N–H and O–H groups in total. The quantitative estimate of drug-likeness (QED) is 0.407. The molecule has 248 valence electrons. The monoisotopic (exact) mass is 612 g/mol. The molecule has 8 heteroatoms. The van der Waals surface area contributed by atoms with Crippen LogP contribution in [0.2, 0.25) is 0 Å². The van der Waals surface area contributed by atoms with E-state index in [-0.39, 0.29) is 36.6 Å². The largest absolute Gasteiger partial charge is 0.395 e. The Bertz CT molecular complexity index is 1090. The number of nitrogens with zero attached hydrogens (tertiary/aromatic N) is 2. The van der Waals surface area contributed by atoms with Crippen molar-refractivity contribution in [2.24, 2.45) is 52.3 Å². The highest BCUT2D eigenvalue weighted by Gasteiger charge is 2.68. The number of β-amino-alcohol motifs (C(OH)–C–C–N with tert-alkyl or cyclic N) is 1. The molecule has 44 heavy (non-hydrogen) atoms. The Hall–Kier alpha value is -1.22. The highest BCUT2D eigenvalue weighted by molar-refractivity contribution is 5.97. The summed E-state index contributed by atoms with van der Waals surface area (Å²) in [5.41, 5.74) is 0.674. The van der Waals surface area contributed by atoms with Crippen LogP contribution in [-0.2, 0) is 14.3 Å². The van der Waals surface area contributed by atoms with Crippen LogP contribution < -0.4 is 10.6 Å². The summed E-state index contributed by atoms with van der Waals surface area (Å²) in [7, 11) is 0. The van der Waals surface area contributed by atoms with Gasteiger partial charge in [-0.25, -0.2) is 0 Å². The van der Waals surface area contributed by atoms with E-state index in [1.54, 1.807) is 0 Å². The molecule has 0 aromatic rings. The molecule has 0 aromatic heterocycles. The Morgan fingerprint density at radius 2 is 1.70 bits per heavy atom. The van der Waals surface area contributed by atoms with Crippen molar-refractivity contribution in [2.75, 3.05) is 45.9 Å². The topological polar surface area (TPSA) is 94.1 Å². The van der Waals surface area contributed by atoms with E-state index in [4.69, 9.17) is 9.84 Å². The zero-order valence-corrected chi connectivity index (χ0v) is 28.0. The Labute approximate surface area is 265 Å². The standard InChI is InChI=1S/C36H60N4O4/c1-23-7-12-36(37-22-23)24(2)33-30(44-36)20-29-27-6-5-25-19-26(8-10-34(25,3)28(27)9-11-35(29,33)4)38-31(42)21-32(43)40-15-13-39(14-16-40)17-18-41/h23-30,33,37,41H,5-22H2,1-4H3,(H,38,42)/t23-,24+,25+,26+,27-,28+,29+,30+,33+,34+,35+,36-/m1/s1. The molecule has 7 rings (SSSR count). The molecule has 7 fully saturated rings. The van der Waals surface area contributed by atoms with Gasteiger partial charge in [-0.3, -0.25) is 19.8 Å². The molecule has 8 nitrogen and oxygen atoms in total. The van der Waals surface area contributed by atoms with E-state index in [0.717, 1.165) is 56.1 Å². The third-order valence-electron chi connectivity index (χ3n) is 15.0. The first-order valence-corrected chi connectivity index (χ1v) is 18.4. The Balaban J connectivity index is 0.943. The first kappa shape index (κ1) is 31.4. The summed E-state index contributed by atoms with van der Waals surface area (Å²) in [6.07, 6.45) is 12.7. The number of ether oxygens (including phenoxy) is 1. The zero-order chi connectivity index (χ0) is 30.9. The van der Waals surface area contributed by atoms with Crippen molar-refractivity contribution in [2.45, 2.75) is 116 Å². The number of hydrogen-bond donors (Lipinski definition) is 3. The summed E-state index contributed by atoms with van der Waals surface area (Å²) in [6, 6.07) is 0.196. The number of carbonyl (C=O) groups excluding carboxylic acids is 2. The van der Waals surface area contributed by atoms with Crippen LogP contribution in [0, 0.1) is 52.3 Å². The number of fused-ring (bicyclic) bond motifs is 7. The van der Waals surface area contributed by atoms with Crippen molar-refractivity contribution in [3.05, 3.63) is 0 Å². The Morgan fingerprint density at radius 1 is 0.932 bits per heavy atom. The second-order valence-corrected chi connectivity index (χ2v) is 17.0. The van der Waals surface area contributed by atoms with Crippen molar-refractivity contribution in [1.29, 1.82) is 0 Å². The predicted molar refractivity (Wildman–Crippen MR) is 170 cm³/mol. The molecule has 12 atom stereocenters. The normalized spacial score (nSPS) is 48.8. The molecule has 3 heterocycles. The minimum atomic E-state index is -0.102. The maximum atomic E-state index is 13.0. The lowest BCUT2D eigenvalue weighted by Crippen LogP contribution is -2.58. The molecule has 3 saturated heterocycles. The summed E-state index contributed by atoms with van der Waals surface area (Å²) in [6.45, 7) is 14.8. The van der Waals surface area contributed by atoms with E-state index >= 15 is 0 Å². The van der Waals surface area contributed by atoms with Crippen LogP contribution in [0.5, 0.6) is 0 Å². The minimum absolute atomic E-state index is 0.0396. The molecule has 0 bridgehead atoms. The molecule has 7 aliphatic rings. The van der Waals surface area contributed by atoms with E-state index in [1.165, 1.54) is 51.4 Å². The zero-order valence-electron chi connectivity index (χ0n) is 28.0. The fourth-order valence-electron chi connectivity index (χ4n) is 12.5. The summed E-state index contributed by atoms with van der Waals surface area (Å²) in [5, 5.41) is 16.4. The lowest BCUT2D eigenvalue weighted by molar-refractivity contribution is -0.140. The predicted octanol–water partition coefficient (Wildman–Crippen LogP) is 4.02. The first-order chi connectivity index (χ1) is 21.1. The maximum absolute atomic E-state index is 13.0. The second-order valence-electron chi connectivity index (χ2n) is 17.0. The van der Waals surface area contributed by atoms with Gasteiger partial charge in [0.15, 0.2) is 0 Å². The number of piperidine rings is 1. The Kier molecular flexibility index (Phi) is 8.41. The Morgan fingerprint density at radius 3 is 2.43 bits per heavy atom. The highest BCUT2D eigenvalue weighted by atomic mass is 16.5. The average molecular weight is 613 g/mol. The third kappa shape index (κ3) is 5.16. The number of carbonyl (C=O) groups is 2. The van der Waals surface area contributed by atoms with Crippen LogP contribution >= 0.6 is 0 Å². The molecule has 1 spiro atoms. The summed E-state index contributed by atoms with van der Waals surface area (Å²) in [4.78, 5) is 29.8. The van der Waals surface area contributed by atoms with E-state index in [9.17, 15) is 9.59 Å². The summed E-state index contributed by atoms with van der Waals surface area (Å²) in [5.74, 6) is 4.90. The van der Waals surface area contributed by atoms with Gasteiger partial charge in [0.05, 0.1) is 12.7 Å². The molecule has 4 saturated carbocycles. The van der Waals surface area contributed by atoms with Gasteiger partial charge in [-0.2, -0.15) is 0 Å². The number of piperazine rings is 1. The van der Waals surface area contributed by atoms with E-state index in [1.807, 2.05) is 4.90 Å². The SMILES string of the molecule is C[C@@H]1CC[C@@]2(NC1)O[C@H]1C[C@H]3[C@@H]4CC[C@H]5C[C@@H](NC(=O)CC(=O)N6CCN(CCO)CC6)CC[C@]5(C)[C@H]4CC[C@]3(C)[C@H]1[C@@H]2C. The maximum Gasteiger partial charge on any atom is 0.232 e. The highest BCUT2D eigenvalue weighted by Crippen LogP contribution is 2.71. The molecule has 0 radical (unpaired) electrons. The molecule has 3 aliphatic heterocycles. The number of aliphatic hydroxyl groups excluding tert-OH is 1. The van der Waals surface area contributed by atoms with Crippen molar-refractivity contribution >= 4 is 11.8 Å². The number of hydrogen-bond acceptors (Lipinski definition) is 6. The smallest absolute Gasteiger partial charge is 0.232 e. The van der Waals surface area contributed by atoms with E-state index in [0.29, 0.717) is 54.3 Å². The van der Waals surface area contributed by atoms with Crippen molar-refractivity contribution in [3.8, 4) is 0 Å². The van der Waals surface area contributed by atoms with Gasteiger partial charge >= 0.3 is 0 Å². The first-order valence-electron chi connectivity index (χ1n) is 18.4. The fraction of sp³-hybridized carbons (Fsp3) is 0.944. The number of rotatable bonds is 5. The van der Waals surface area contributed by atoms with Crippen LogP contribution in [0.4, 0.5) is 0 Å². The van der Waals surface area contributed by atoms with Crippen LogP contribution in [-0.4, -0.2) is 90.5 Å². The minimum Gasteiger partial charge on any atom is -0.395 e. The van der Waals surface area contributed by atoms with Crippen LogP contribution in [0.25, 0.3) is 0 Å². The van der Waals surface area contributed by atoms with Crippen LogP contribution in [0.3, 0.4) is 0 Å². The second kappa shape index (κ2) is 11.8. The summed E-state index contributed by atoms with van der Waals surface area (Å²) >= 11 is 0. The number of amides is 2. The van der Waals surface area contributed by atoms with E-state index < -0.39 is 0 Å². The summed E-state index contributed by atoms with van der Waals surface area (Å²) < 4.78 is 7.09. The van der Waals surface area contributed by atoms with E-state index in [2.05, 4.69) is 43.2 Å². The van der Waals surface area contributed by atoms with Gasteiger partial charge in [-0.05, 0) is 111 Å². The van der Waals surface area contributed by atoms with Crippen LogP contribution in [0.15, 0.2) is 0 Å². The van der Waals surface area contributed by atoms with Gasteiger partial charge < -0.3 is 20.1 Å². The van der Waals surface area contributed by atoms with Gasteiger partial charge in [-0.1, -0.05) is 27.7 Å². The molecule has 0 unspecified atom stereocenters. The van der Waals surface area contributed by atoms with Gasteiger partial charge in [0, 0.05) is 51.2 Å². The lowest BCUT2D eigenvalue weighted by Gasteiger charge is -2.61. The molecule has 2 amide bonds. The number of nitrogens with one attached hydrogen (secondary N) is 2. The fourth-order valence-corrected chi connectivity index (χ4v) is 12.5. The van der Waals surface area contributed by atoms with Crippen molar-refractivity contribution in [1.82, 2.24) is 20.4 Å². The molecular weight excluding hydrogens is 552 g/mol. The molecule has 4 aliphatic carbocycles. The molecule has 0 aromatic carbocycles.